The molecule has 1 amide bonds. The minimum atomic E-state index is -4.49. The third-order valence-corrected chi connectivity index (χ3v) is 5.35. The van der Waals surface area contributed by atoms with Crippen LogP contribution in [0.2, 0.25) is 0 Å². The number of carbonyl (C=O) groups is 1. The van der Waals surface area contributed by atoms with E-state index < -0.39 is 23.8 Å². The number of nitrogens with zero attached hydrogens (tertiary/aromatic N) is 3. The van der Waals surface area contributed by atoms with E-state index in [1.54, 1.807) is 18.2 Å². The van der Waals surface area contributed by atoms with Crippen molar-refractivity contribution in [2.75, 3.05) is 23.3 Å². The van der Waals surface area contributed by atoms with Gasteiger partial charge in [0.1, 0.15) is 5.75 Å². The van der Waals surface area contributed by atoms with Gasteiger partial charge in [-0.05, 0) is 62.2 Å². The second-order valence-corrected chi connectivity index (χ2v) is 7.83. The molecule has 4 rings (SSSR count). The molecule has 1 aliphatic heterocycles. The van der Waals surface area contributed by atoms with Crippen molar-refractivity contribution in [2.45, 2.75) is 32.0 Å². The fourth-order valence-corrected chi connectivity index (χ4v) is 3.60. The summed E-state index contributed by atoms with van der Waals surface area (Å²) >= 11 is 0. The molecule has 1 aromatic heterocycles. The van der Waals surface area contributed by atoms with Crippen molar-refractivity contribution in [3.63, 3.8) is 0 Å². The first-order chi connectivity index (χ1) is 15.8. The van der Waals surface area contributed by atoms with Gasteiger partial charge in [0, 0.05) is 24.3 Å². The number of hydrogen-bond donors (Lipinski definition) is 1. The average Bonchev–Trinajstić information content (AvgIpc) is 3.34. The molecule has 9 heteroatoms. The molecule has 1 N–H and O–H groups in total. The summed E-state index contributed by atoms with van der Waals surface area (Å²) in [5.41, 5.74) is 1.13. The maximum atomic E-state index is 12.9. The Morgan fingerprint density at radius 1 is 1.03 bits per heavy atom. The first-order valence-corrected chi connectivity index (χ1v) is 10.6. The van der Waals surface area contributed by atoms with E-state index in [9.17, 15) is 18.0 Å². The van der Waals surface area contributed by atoms with Gasteiger partial charge in [0.25, 0.3) is 5.91 Å². The van der Waals surface area contributed by atoms with E-state index in [2.05, 4.69) is 20.4 Å². The zero-order chi connectivity index (χ0) is 23.4. The van der Waals surface area contributed by atoms with Gasteiger partial charge in [-0.3, -0.25) is 4.79 Å². The topological polar surface area (TPSA) is 67.3 Å². The summed E-state index contributed by atoms with van der Waals surface area (Å²) in [6, 6.07) is 15.4. The summed E-state index contributed by atoms with van der Waals surface area (Å²) < 4.78 is 44.1. The Kier molecular flexibility index (Phi) is 6.48. The number of halogens is 3. The predicted molar refractivity (Wildman–Crippen MR) is 119 cm³/mol. The number of ether oxygens (including phenoxy) is 1. The lowest BCUT2D eigenvalue weighted by Gasteiger charge is -2.16. The summed E-state index contributed by atoms with van der Waals surface area (Å²) in [6.07, 6.45) is -3.18. The van der Waals surface area contributed by atoms with Crippen LogP contribution < -0.4 is 15.0 Å². The Morgan fingerprint density at radius 3 is 2.48 bits per heavy atom. The molecule has 1 fully saturated rings. The highest BCUT2D eigenvalue weighted by Gasteiger charge is 2.31. The zero-order valence-corrected chi connectivity index (χ0v) is 18.0. The first kappa shape index (κ1) is 22.6. The molecule has 2 aromatic carbocycles. The third kappa shape index (κ3) is 5.60. The Balaban J connectivity index is 1.41. The van der Waals surface area contributed by atoms with Gasteiger partial charge in [0.15, 0.2) is 11.9 Å². The molecule has 1 atom stereocenters. The lowest BCUT2D eigenvalue weighted by Crippen LogP contribution is -2.30. The van der Waals surface area contributed by atoms with E-state index in [0.29, 0.717) is 11.4 Å². The zero-order valence-electron chi connectivity index (χ0n) is 18.0. The van der Waals surface area contributed by atoms with Gasteiger partial charge in [0.05, 0.1) is 11.3 Å². The van der Waals surface area contributed by atoms with Crippen molar-refractivity contribution in [3.8, 4) is 17.0 Å². The summed E-state index contributed by atoms with van der Waals surface area (Å²) in [6.45, 7) is 3.44. The first-order valence-electron chi connectivity index (χ1n) is 10.6. The number of nitrogens with one attached hydrogen (secondary N) is 1. The monoisotopic (exact) mass is 456 g/mol. The maximum Gasteiger partial charge on any atom is 0.416 e. The van der Waals surface area contributed by atoms with E-state index in [1.165, 1.54) is 19.1 Å². The standard InChI is InChI=1S/C24H23F3N4O2/c1-16(33-20-9-5-7-18(15-20)24(25,26)27)23(32)28-19-8-4-6-17(14-19)21-10-11-22(30-29-21)31-12-2-3-13-31/h4-11,14-16H,2-3,12-13H2,1H3,(H,28,32). The van der Waals surface area contributed by atoms with Crippen LogP contribution in [0.3, 0.4) is 0 Å². The van der Waals surface area contributed by atoms with Crippen molar-refractivity contribution in [3.05, 3.63) is 66.2 Å². The largest absolute Gasteiger partial charge is 0.481 e. The van der Waals surface area contributed by atoms with Crippen LogP contribution in [0.15, 0.2) is 60.7 Å². The highest BCUT2D eigenvalue weighted by Crippen LogP contribution is 2.31. The van der Waals surface area contributed by atoms with E-state index in [4.69, 9.17) is 4.74 Å². The smallest absolute Gasteiger partial charge is 0.416 e. The van der Waals surface area contributed by atoms with Gasteiger partial charge in [-0.15, -0.1) is 10.2 Å². The van der Waals surface area contributed by atoms with Crippen LogP contribution in [0.5, 0.6) is 5.75 Å². The molecule has 0 radical (unpaired) electrons. The summed E-state index contributed by atoms with van der Waals surface area (Å²) in [7, 11) is 0. The van der Waals surface area contributed by atoms with Crippen LogP contribution in [0, 0.1) is 0 Å². The molecular weight excluding hydrogens is 433 g/mol. The van der Waals surface area contributed by atoms with Gasteiger partial charge in [-0.2, -0.15) is 13.2 Å². The second-order valence-electron chi connectivity index (χ2n) is 7.83. The van der Waals surface area contributed by atoms with Crippen molar-refractivity contribution in [2.24, 2.45) is 0 Å². The molecule has 3 aromatic rings. The van der Waals surface area contributed by atoms with Crippen molar-refractivity contribution in [1.82, 2.24) is 10.2 Å². The summed E-state index contributed by atoms with van der Waals surface area (Å²) in [5, 5.41) is 11.4. The quantitative estimate of drug-likeness (QED) is 0.555. The molecule has 0 spiro atoms. The van der Waals surface area contributed by atoms with E-state index in [1.807, 2.05) is 18.2 Å². The predicted octanol–water partition coefficient (Wildman–Crippen LogP) is 5.17. The fraction of sp³-hybridized carbons (Fsp3) is 0.292. The van der Waals surface area contributed by atoms with Gasteiger partial charge < -0.3 is 15.0 Å². The van der Waals surface area contributed by atoms with Crippen molar-refractivity contribution < 1.29 is 22.7 Å². The molecule has 33 heavy (non-hydrogen) atoms. The van der Waals surface area contributed by atoms with Crippen LogP contribution in [-0.2, 0) is 11.0 Å². The number of alkyl halides is 3. The molecule has 6 nitrogen and oxygen atoms in total. The van der Waals surface area contributed by atoms with E-state index in [-0.39, 0.29) is 5.75 Å². The number of amides is 1. The van der Waals surface area contributed by atoms with E-state index in [0.717, 1.165) is 49.4 Å². The molecule has 1 unspecified atom stereocenters. The summed E-state index contributed by atoms with van der Waals surface area (Å²) in [4.78, 5) is 14.7. The molecular formula is C24H23F3N4O2. The number of rotatable bonds is 6. The van der Waals surface area contributed by atoms with Crippen LogP contribution in [0.25, 0.3) is 11.3 Å². The van der Waals surface area contributed by atoms with Gasteiger partial charge in [-0.1, -0.05) is 18.2 Å². The Labute approximate surface area is 189 Å². The molecule has 0 bridgehead atoms. The number of anilines is 2. The number of aromatic nitrogens is 2. The molecule has 172 valence electrons. The Bertz CT molecular complexity index is 1110. The number of carbonyl (C=O) groups excluding carboxylic acids is 1. The lowest BCUT2D eigenvalue weighted by atomic mass is 10.1. The van der Waals surface area contributed by atoms with Gasteiger partial charge in [0.2, 0.25) is 0 Å². The number of hydrogen-bond acceptors (Lipinski definition) is 5. The van der Waals surface area contributed by atoms with Crippen LogP contribution in [0.1, 0.15) is 25.3 Å². The molecule has 2 heterocycles. The minimum absolute atomic E-state index is 0.0328. The maximum absolute atomic E-state index is 12.9. The molecule has 0 saturated carbocycles. The molecule has 1 saturated heterocycles. The second kappa shape index (κ2) is 9.48. The highest BCUT2D eigenvalue weighted by atomic mass is 19.4. The van der Waals surface area contributed by atoms with Gasteiger partial charge >= 0.3 is 6.18 Å². The van der Waals surface area contributed by atoms with E-state index >= 15 is 0 Å². The minimum Gasteiger partial charge on any atom is -0.481 e. The fourth-order valence-electron chi connectivity index (χ4n) is 3.60. The van der Waals surface area contributed by atoms with Crippen molar-refractivity contribution in [1.29, 1.82) is 0 Å². The lowest BCUT2D eigenvalue weighted by molar-refractivity contribution is -0.137. The normalized spacial score (nSPS) is 14.7. The average molecular weight is 456 g/mol. The van der Waals surface area contributed by atoms with Crippen LogP contribution in [-0.4, -0.2) is 35.3 Å². The van der Waals surface area contributed by atoms with Crippen LogP contribution >= 0.6 is 0 Å². The summed E-state index contributed by atoms with van der Waals surface area (Å²) in [5.74, 6) is 0.330. The van der Waals surface area contributed by atoms with Crippen LogP contribution in [0.4, 0.5) is 24.7 Å². The third-order valence-electron chi connectivity index (χ3n) is 5.35. The Morgan fingerprint density at radius 2 is 1.79 bits per heavy atom. The van der Waals surface area contributed by atoms with Crippen molar-refractivity contribution >= 4 is 17.4 Å². The number of benzene rings is 2. The molecule has 1 aliphatic rings. The van der Waals surface area contributed by atoms with Gasteiger partial charge in [-0.25, -0.2) is 0 Å². The Hall–Kier alpha value is -3.62. The molecule has 0 aliphatic carbocycles. The SMILES string of the molecule is CC(Oc1cccc(C(F)(F)F)c1)C(=O)Nc1cccc(-c2ccc(N3CCCC3)nn2)c1. The highest BCUT2D eigenvalue weighted by molar-refractivity contribution is 5.94.